The van der Waals surface area contributed by atoms with Gasteiger partial charge in [0.15, 0.2) is 11.6 Å². The van der Waals surface area contributed by atoms with Gasteiger partial charge in [0.2, 0.25) is 0 Å². The van der Waals surface area contributed by atoms with Crippen LogP contribution in [-0.4, -0.2) is 51.9 Å². The number of aliphatic hydroxyl groups is 2. The Hall–Kier alpha value is -1.77. The lowest BCUT2D eigenvalue weighted by Crippen LogP contribution is -2.27. The van der Waals surface area contributed by atoms with Crippen molar-refractivity contribution in [1.29, 1.82) is 0 Å². The number of rotatable bonds is 6. The molecule has 3 rings (SSSR count). The number of hydrogen-bond acceptors (Lipinski definition) is 4. The summed E-state index contributed by atoms with van der Waals surface area (Å²) in [6, 6.07) is 7.38. The van der Waals surface area contributed by atoms with Crippen LogP contribution in [-0.2, 0) is 11.2 Å². The van der Waals surface area contributed by atoms with E-state index in [1.807, 2.05) is 26.0 Å². The van der Waals surface area contributed by atoms with Crippen molar-refractivity contribution in [3.8, 4) is 0 Å². The number of benzene rings is 2. The highest BCUT2D eigenvalue weighted by atomic mass is 35.5. The van der Waals surface area contributed by atoms with Crippen LogP contribution in [0.5, 0.6) is 0 Å². The monoisotopic (exact) mass is 519 g/mol. The summed E-state index contributed by atoms with van der Waals surface area (Å²) in [5.74, 6) is -3.11. The summed E-state index contributed by atoms with van der Waals surface area (Å²) in [7, 11) is 0. The molecule has 9 heteroatoms. The van der Waals surface area contributed by atoms with Crippen LogP contribution in [0.3, 0.4) is 0 Å². The molecule has 190 valence electrons. The second-order valence-corrected chi connectivity index (χ2v) is 9.12. The van der Waals surface area contributed by atoms with Crippen molar-refractivity contribution in [2.45, 2.75) is 58.7 Å². The van der Waals surface area contributed by atoms with E-state index >= 15 is 0 Å². The molecule has 1 heterocycles. The largest absolute Gasteiger partial charge is 0.481 e. The standard InChI is InChI=1S/C11H12F2O3.C7H6Cl2.C7H15NO/c1-6(14)8-5-10(13)9(12)4-7(8)2-3-11(15)16;1-5-2-3-6(8)7(9)4-5;1-7(9)6-8-4-2-3-5-8/h4-6,14H,2-3H2,1H3,(H,15,16);2-4H,1H3;7,9H,2-6H2,1H3. The maximum Gasteiger partial charge on any atom is 0.303 e. The van der Waals surface area contributed by atoms with Crippen LogP contribution >= 0.6 is 23.2 Å². The molecule has 0 bridgehead atoms. The van der Waals surface area contributed by atoms with E-state index in [4.69, 9.17) is 33.4 Å². The Balaban J connectivity index is 0.000000274. The summed E-state index contributed by atoms with van der Waals surface area (Å²) in [5.41, 5.74) is 1.67. The van der Waals surface area contributed by atoms with Crippen LogP contribution in [0.2, 0.25) is 10.0 Å². The van der Waals surface area contributed by atoms with Crippen LogP contribution in [0.1, 0.15) is 55.9 Å². The molecule has 0 aromatic heterocycles. The van der Waals surface area contributed by atoms with E-state index in [0.717, 1.165) is 24.2 Å². The van der Waals surface area contributed by atoms with Crippen LogP contribution in [0.25, 0.3) is 0 Å². The van der Waals surface area contributed by atoms with E-state index in [2.05, 4.69) is 4.90 Å². The lowest BCUT2D eigenvalue weighted by atomic mass is 9.99. The zero-order chi connectivity index (χ0) is 25.8. The predicted molar refractivity (Wildman–Crippen MR) is 132 cm³/mol. The predicted octanol–water partition coefficient (Wildman–Crippen LogP) is 5.80. The minimum atomic E-state index is -1.05. The highest BCUT2D eigenvalue weighted by Gasteiger charge is 2.14. The van der Waals surface area contributed by atoms with Crippen molar-refractivity contribution >= 4 is 29.2 Å². The fourth-order valence-corrected chi connectivity index (χ4v) is 3.74. The summed E-state index contributed by atoms with van der Waals surface area (Å²) < 4.78 is 25.9. The average molecular weight is 520 g/mol. The number of halogens is 4. The Morgan fingerprint density at radius 2 is 1.62 bits per heavy atom. The van der Waals surface area contributed by atoms with Gasteiger partial charge in [0.1, 0.15) is 0 Å². The molecular formula is C25H33Cl2F2NO4. The average Bonchev–Trinajstić information content (AvgIpc) is 3.24. The molecule has 2 unspecified atom stereocenters. The molecule has 34 heavy (non-hydrogen) atoms. The zero-order valence-corrected chi connectivity index (χ0v) is 21.2. The van der Waals surface area contributed by atoms with Gasteiger partial charge in [-0.2, -0.15) is 0 Å². The molecule has 1 aliphatic rings. The fourth-order valence-electron chi connectivity index (χ4n) is 3.39. The van der Waals surface area contributed by atoms with E-state index < -0.39 is 23.7 Å². The van der Waals surface area contributed by atoms with Gasteiger partial charge in [-0.15, -0.1) is 0 Å². The Kier molecular flexibility index (Phi) is 13.6. The number of aliphatic hydroxyl groups excluding tert-OH is 2. The summed E-state index contributed by atoms with van der Waals surface area (Å²) in [6.07, 6.45) is 1.39. The van der Waals surface area contributed by atoms with Gasteiger partial charge in [-0.05, 0) is 94.1 Å². The Morgan fingerprint density at radius 3 is 2.09 bits per heavy atom. The van der Waals surface area contributed by atoms with Gasteiger partial charge in [-0.3, -0.25) is 4.79 Å². The molecule has 5 nitrogen and oxygen atoms in total. The fraction of sp³-hybridized carbons (Fsp3) is 0.480. The van der Waals surface area contributed by atoms with E-state index in [-0.39, 0.29) is 24.5 Å². The van der Waals surface area contributed by atoms with Gasteiger partial charge in [-0.25, -0.2) is 8.78 Å². The van der Waals surface area contributed by atoms with Crippen molar-refractivity contribution in [2.24, 2.45) is 0 Å². The normalized spacial score (nSPS) is 15.0. The van der Waals surface area contributed by atoms with E-state index in [1.54, 1.807) is 6.07 Å². The molecule has 2 atom stereocenters. The number of nitrogens with zero attached hydrogens (tertiary/aromatic N) is 1. The zero-order valence-electron chi connectivity index (χ0n) is 19.7. The number of carboxylic acids is 1. The summed E-state index contributed by atoms with van der Waals surface area (Å²) in [6.45, 7) is 8.47. The number of likely N-dealkylation sites (tertiary alicyclic amines) is 1. The van der Waals surface area contributed by atoms with Crippen LogP contribution in [0.15, 0.2) is 30.3 Å². The van der Waals surface area contributed by atoms with Gasteiger partial charge >= 0.3 is 5.97 Å². The van der Waals surface area contributed by atoms with Gasteiger partial charge in [0.25, 0.3) is 0 Å². The smallest absolute Gasteiger partial charge is 0.303 e. The topological polar surface area (TPSA) is 81.0 Å². The second kappa shape index (κ2) is 15.3. The molecule has 0 spiro atoms. The SMILES string of the molecule is CC(O)CN1CCCC1.CC(O)c1cc(F)c(F)cc1CCC(=O)O.Cc1ccc(Cl)c(Cl)c1. The lowest BCUT2D eigenvalue weighted by Gasteiger charge is -2.15. The van der Waals surface area contributed by atoms with Crippen LogP contribution < -0.4 is 0 Å². The van der Waals surface area contributed by atoms with Crippen molar-refractivity contribution in [1.82, 2.24) is 4.90 Å². The third kappa shape index (κ3) is 11.6. The summed E-state index contributed by atoms with van der Waals surface area (Å²) >= 11 is 11.3. The van der Waals surface area contributed by atoms with Gasteiger partial charge in [-0.1, -0.05) is 29.3 Å². The Bertz CT molecular complexity index is 920. The number of β-amino-alcohol motifs (C(OH)–C–C–N with tert-alkyl or cyclic N) is 1. The van der Waals surface area contributed by atoms with E-state index in [0.29, 0.717) is 15.6 Å². The molecule has 1 aliphatic heterocycles. The second-order valence-electron chi connectivity index (χ2n) is 8.31. The van der Waals surface area contributed by atoms with Crippen LogP contribution in [0, 0.1) is 18.6 Å². The molecule has 2 aromatic carbocycles. The maximum atomic E-state index is 12.9. The number of carbonyl (C=O) groups is 1. The molecule has 0 aliphatic carbocycles. The highest BCUT2D eigenvalue weighted by Crippen LogP contribution is 2.23. The molecule has 1 saturated heterocycles. The van der Waals surface area contributed by atoms with Crippen LogP contribution in [0.4, 0.5) is 8.78 Å². The van der Waals surface area contributed by atoms with Gasteiger partial charge in [0.05, 0.1) is 22.3 Å². The third-order valence-electron chi connectivity index (χ3n) is 5.04. The first-order valence-corrected chi connectivity index (χ1v) is 11.9. The highest BCUT2D eigenvalue weighted by molar-refractivity contribution is 6.42. The maximum absolute atomic E-state index is 12.9. The molecule has 0 amide bonds. The summed E-state index contributed by atoms with van der Waals surface area (Å²) in [5, 5.41) is 28.1. The van der Waals surface area contributed by atoms with E-state index in [1.165, 1.54) is 32.9 Å². The molecule has 1 fully saturated rings. The Labute approximate surface area is 209 Å². The number of hydrogen-bond donors (Lipinski definition) is 3. The molecular weight excluding hydrogens is 487 g/mol. The first-order valence-electron chi connectivity index (χ1n) is 11.1. The van der Waals surface area contributed by atoms with Gasteiger partial charge < -0.3 is 20.2 Å². The van der Waals surface area contributed by atoms with Crippen molar-refractivity contribution < 1.29 is 28.9 Å². The Morgan fingerprint density at radius 1 is 1.03 bits per heavy atom. The summed E-state index contributed by atoms with van der Waals surface area (Å²) in [4.78, 5) is 12.7. The van der Waals surface area contributed by atoms with Crippen molar-refractivity contribution in [2.75, 3.05) is 19.6 Å². The molecule has 3 N–H and O–H groups in total. The minimum absolute atomic E-state index is 0.0623. The molecule has 0 radical (unpaired) electrons. The van der Waals surface area contributed by atoms with E-state index in [9.17, 15) is 18.7 Å². The minimum Gasteiger partial charge on any atom is -0.481 e. The third-order valence-corrected chi connectivity index (χ3v) is 5.78. The molecule has 2 aromatic rings. The molecule has 0 saturated carbocycles. The lowest BCUT2D eigenvalue weighted by molar-refractivity contribution is -0.136. The van der Waals surface area contributed by atoms with Crippen molar-refractivity contribution in [3.05, 3.63) is 68.7 Å². The van der Waals surface area contributed by atoms with Gasteiger partial charge in [0, 0.05) is 13.0 Å². The quantitative estimate of drug-likeness (QED) is 0.449. The number of carboxylic acid groups (broad SMARTS) is 1. The first-order chi connectivity index (χ1) is 15.9. The number of aryl methyl sites for hydroxylation is 2. The van der Waals surface area contributed by atoms with Crippen molar-refractivity contribution in [3.63, 3.8) is 0 Å². The number of aliphatic carboxylic acids is 1. The first kappa shape index (κ1) is 30.3.